The van der Waals surface area contributed by atoms with Gasteiger partial charge in [-0.1, -0.05) is 6.07 Å². The number of amides is 1. The van der Waals surface area contributed by atoms with Gasteiger partial charge in [-0.25, -0.2) is 4.98 Å². The molecule has 4 rings (SSSR count). The van der Waals surface area contributed by atoms with Gasteiger partial charge >= 0.3 is 0 Å². The molecule has 0 saturated heterocycles. The Morgan fingerprint density at radius 2 is 2.15 bits per heavy atom. The summed E-state index contributed by atoms with van der Waals surface area (Å²) in [4.78, 5) is 19.1. The van der Waals surface area contributed by atoms with Gasteiger partial charge in [-0.05, 0) is 55.7 Å². The molecule has 1 aliphatic rings. The molecular formula is C21H24N4O2. The summed E-state index contributed by atoms with van der Waals surface area (Å²) in [5.41, 5.74) is 1.16. The largest absolute Gasteiger partial charge is 0.456 e. The third-order valence-electron chi connectivity index (χ3n) is 4.97. The van der Waals surface area contributed by atoms with Crippen LogP contribution in [0, 0.1) is 12.8 Å². The summed E-state index contributed by atoms with van der Waals surface area (Å²) in [6.07, 6.45) is 4.83. The van der Waals surface area contributed by atoms with Crippen molar-refractivity contribution in [3.05, 3.63) is 72.1 Å². The first-order valence-electron chi connectivity index (χ1n) is 9.33. The van der Waals surface area contributed by atoms with E-state index in [1.807, 2.05) is 42.2 Å². The molecule has 6 heteroatoms. The fourth-order valence-electron chi connectivity index (χ4n) is 3.59. The lowest BCUT2D eigenvalue weighted by Gasteiger charge is -2.23. The van der Waals surface area contributed by atoms with E-state index in [0.717, 1.165) is 36.8 Å². The van der Waals surface area contributed by atoms with Crippen molar-refractivity contribution in [3.63, 3.8) is 0 Å². The fraction of sp³-hybridized carbons (Fsp3) is 0.333. The summed E-state index contributed by atoms with van der Waals surface area (Å²) < 4.78 is 7.82. The van der Waals surface area contributed by atoms with E-state index in [9.17, 15) is 4.79 Å². The molecule has 27 heavy (non-hydrogen) atoms. The molecule has 0 unspecified atom stereocenters. The highest BCUT2D eigenvalue weighted by Crippen LogP contribution is 2.22. The van der Waals surface area contributed by atoms with Crippen molar-refractivity contribution in [3.8, 4) is 0 Å². The maximum atomic E-state index is 12.9. The number of anilines is 1. The smallest absolute Gasteiger partial charge is 0.289 e. The standard InChI is InChI=1S/C21H24N4O2/c1-16-7-8-19(27-16)21(26)25-14-17(13-24-12-4-5-18(24)15-25)9-11-23-20-6-2-3-10-22-20/h2-8,10,12,17H,9,11,13-15H2,1H3,(H,22,23)/t17-/m0/s1. The van der Waals surface area contributed by atoms with E-state index in [-0.39, 0.29) is 5.91 Å². The average Bonchev–Trinajstić information content (AvgIpc) is 3.26. The average molecular weight is 364 g/mol. The Bertz CT molecular complexity index is 900. The Morgan fingerprint density at radius 1 is 1.22 bits per heavy atom. The van der Waals surface area contributed by atoms with E-state index in [2.05, 4.69) is 27.1 Å². The quantitative estimate of drug-likeness (QED) is 0.752. The molecule has 0 aromatic carbocycles. The van der Waals surface area contributed by atoms with Crippen LogP contribution in [-0.2, 0) is 13.1 Å². The predicted molar refractivity (Wildman–Crippen MR) is 103 cm³/mol. The lowest BCUT2D eigenvalue weighted by Crippen LogP contribution is -2.34. The Morgan fingerprint density at radius 3 is 2.93 bits per heavy atom. The van der Waals surface area contributed by atoms with Crippen LogP contribution in [0.15, 0.2) is 59.3 Å². The van der Waals surface area contributed by atoms with Crippen LogP contribution in [0.2, 0.25) is 0 Å². The molecule has 6 nitrogen and oxygen atoms in total. The fourth-order valence-corrected chi connectivity index (χ4v) is 3.59. The number of hydrogen-bond acceptors (Lipinski definition) is 4. The Balaban J connectivity index is 1.46. The molecule has 1 aliphatic heterocycles. The number of nitrogens with one attached hydrogen (secondary N) is 1. The number of pyridine rings is 1. The van der Waals surface area contributed by atoms with Crippen LogP contribution in [-0.4, -0.2) is 33.4 Å². The van der Waals surface area contributed by atoms with Crippen LogP contribution >= 0.6 is 0 Å². The van der Waals surface area contributed by atoms with Crippen molar-refractivity contribution in [2.45, 2.75) is 26.4 Å². The molecule has 1 N–H and O–H groups in total. The number of fused-ring (bicyclic) bond motifs is 1. The van der Waals surface area contributed by atoms with Gasteiger partial charge in [0.25, 0.3) is 5.91 Å². The van der Waals surface area contributed by atoms with Gasteiger partial charge in [-0.3, -0.25) is 4.79 Å². The van der Waals surface area contributed by atoms with Gasteiger partial charge in [0.1, 0.15) is 11.6 Å². The van der Waals surface area contributed by atoms with Crippen molar-refractivity contribution in [2.75, 3.05) is 18.4 Å². The normalized spacial score (nSPS) is 16.6. The Labute approximate surface area is 158 Å². The monoisotopic (exact) mass is 364 g/mol. The molecule has 140 valence electrons. The molecule has 0 bridgehead atoms. The van der Waals surface area contributed by atoms with Crippen LogP contribution in [0.3, 0.4) is 0 Å². The summed E-state index contributed by atoms with van der Waals surface area (Å²) in [6.45, 7) is 4.91. The van der Waals surface area contributed by atoms with Gasteiger partial charge in [0, 0.05) is 37.7 Å². The topological polar surface area (TPSA) is 63.3 Å². The highest BCUT2D eigenvalue weighted by atomic mass is 16.3. The van der Waals surface area contributed by atoms with E-state index in [0.29, 0.717) is 24.8 Å². The zero-order chi connectivity index (χ0) is 18.6. The molecule has 4 heterocycles. The number of carbonyl (C=O) groups excluding carboxylic acids is 1. The minimum absolute atomic E-state index is 0.0413. The lowest BCUT2D eigenvalue weighted by molar-refractivity contribution is 0.0686. The first-order chi connectivity index (χ1) is 13.2. The number of rotatable bonds is 5. The number of nitrogens with zero attached hydrogens (tertiary/aromatic N) is 3. The van der Waals surface area contributed by atoms with Gasteiger partial charge in [0.15, 0.2) is 5.76 Å². The molecule has 0 fully saturated rings. The van der Waals surface area contributed by atoms with Crippen LogP contribution in [0.5, 0.6) is 0 Å². The van der Waals surface area contributed by atoms with Crippen molar-refractivity contribution >= 4 is 11.7 Å². The summed E-state index contributed by atoms with van der Waals surface area (Å²) >= 11 is 0. The minimum atomic E-state index is -0.0413. The summed E-state index contributed by atoms with van der Waals surface area (Å²) in [5.74, 6) is 2.37. The highest BCUT2D eigenvalue weighted by Gasteiger charge is 2.27. The van der Waals surface area contributed by atoms with Crippen molar-refractivity contribution < 1.29 is 9.21 Å². The number of aryl methyl sites for hydroxylation is 1. The molecule has 3 aromatic rings. The van der Waals surface area contributed by atoms with Crippen molar-refractivity contribution in [1.29, 1.82) is 0 Å². The molecule has 0 saturated carbocycles. The molecular weight excluding hydrogens is 340 g/mol. The van der Waals surface area contributed by atoms with Gasteiger partial charge in [-0.15, -0.1) is 0 Å². The third-order valence-corrected chi connectivity index (χ3v) is 4.97. The molecule has 3 aromatic heterocycles. The number of hydrogen-bond donors (Lipinski definition) is 1. The zero-order valence-electron chi connectivity index (χ0n) is 15.5. The van der Waals surface area contributed by atoms with Crippen molar-refractivity contribution in [1.82, 2.24) is 14.5 Å². The van der Waals surface area contributed by atoms with Gasteiger partial charge in [0.05, 0.1) is 6.54 Å². The van der Waals surface area contributed by atoms with Gasteiger partial charge in [-0.2, -0.15) is 0 Å². The number of aromatic nitrogens is 2. The number of carbonyl (C=O) groups is 1. The maximum Gasteiger partial charge on any atom is 0.289 e. The summed E-state index contributed by atoms with van der Waals surface area (Å²) in [5, 5.41) is 3.37. The molecule has 1 atom stereocenters. The van der Waals surface area contributed by atoms with Crippen LogP contribution in [0.25, 0.3) is 0 Å². The van der Waals surface area contributed by atoms with E-state index >= 15 is 0 Å². The van der Waals surface area contributed by atoms with Crippen LogP contribution in [0.1, 0.15) is 28.4 Å². The van der Waals surface area contributed by atoms with Gasteiger partial charge < -0.3 is 19.2 Å². The second-order valence-corrected chi connectivity index (χ2v) is 7.04. The first-order valence-corrected chi connectivity index (χ1v) is 9.33. The van der Waals surface area contributed by atoms with Crippen molar-refractivity contribution in [2.24, 2.45) is 5.92 Å². The van der Waals surface area contributed by atoms with Crippen LogP contribution < -0.4 is 5.32 Å². The summed E-state index contributed by atoms with van der Waals surface area (Å²) in [7, 11) is 0. The highest BCUT2D eigenvalue weighted by molar-refractivity contribution is 5.91. The minimum Gasteiger partial charge on any atom is -0.456 e. The predicted octanol–water partition coefficient (Wildman–Crippen LogP) is 3.56. The van der Waals surface area contributed by atoms with Crippen LogP contribution in [0.4, 0.5) is 5.82 Å². The Hall–Kier alpha value is -3.02. The molecule has 0 aliphatic carbocycles. The maximum absolute atomic E-state index is 12.9. The van der Waals surface area contributed by atoms with E-state index in [1.165, 1.54) is 0 Å². The molecule has 1 amide bonds. The van der Waals surface area contributed by atoms with Gasteiger partial charge in [0.2, 0.25) is 0 Å². The molecule has 0 spiro atoms. The first kappa shape index (κ1) is 17.4. The van der Waals surface area contributed by atoms with E-state index in [4.69, 9.17) is 4.42 Å². The third kappa shape index (κ3) is 4.05. The lowest BCUT2D eigenvalue weighted by atomic mass is 10.0. The zero-order valence-corrected chi connectivity index (χ0v) is 15.5. The number of furan rings is 1. The second kappa shape index (κ2) is 7.70. The SMILES string of the molecule is Cc1ccc(C(=O)N2Cc3cccn3C[C@H](CCNc3ccccn3)C2)o1. The van der Waals surface area contributed by atoms with E-state index < -0.39 is 0 Å². The van der Waals surface area contributed by atoms with E-state index in [1.54, 1.807) is 12.3 Å². The molecule has 0 radical (unpaired) electrons. The second-order valence-electron chi connectivity index (χ2n) is 7.04. The Kier molecular flexibility index (Phi) is 4.96. The summed E-state index contributed by atoms with van der Waals surface area (Å²) in [6, 6.07) is 13.6.